The quantitative estimate of drug-likeness (QED) is 0.641. The van der Waals surface area contributed by atoms with Gasteiger partial charge in [0.1, 0.15) is 5.69 Å². The number of thiol groups is 1. The number of allylic oxidation sites excluding steroid dienone is 1. The summed E-state index contributed by atoms with van der Waals surface area (Å²) in [6.45, 7) is 0. The number of carbonyl (C=O) groups excluding carboxylic acids is 1. The third kappa shape index (κ3) is 4.60. The summed E-state index contributed by atoms with van der Waals surface area (Å²) < 4.78 is 38.8. The largest absolute Gasteiger partial charge is 0.433 e. The number of pyridine rings is 1. The van der Waals surface area contributed by atoms with E-state index >= 15 is 0 Å². The summed E-state index contributed by atoms with van der Waals surface area (Å²) in [5.74, 6) is -0.173. The zero-order valence-electron chi connectivity index (χ0n) is 15.1. The smallest absolute Gasteiger partial charge is 0.358 e. The van der Waals surface area contributed by atoms with Crippen molar-refractivity contribution in [3.05, 3.63) is 64.6 Å². The van der Waals surface area contributed by atoms with Gasteiger partial charge in [0.2, 0.25) is 0 Å². The molecule has 0 radical (unpaired) electrons. The van der Waals surface area contributed by atoms with Crippen LogP contribution in [0.5, 0.6) is 0 Å². The molecule has 0 saturated heterocycles. The first kappa shape index (κ1) is 20.9. The van der Waals surface area contributed by atoms with E-state index in [1.165, 1.54) is 6.07 Å². The Hall–Kier alpha value is -2.83. The lowest BCUT2D eigenvalue weighted by Gasteiger charge is -2.26. The van der Waals surface area contributed by atoms with E-state index in [-0.39, 0.29) is 11.5 Å². The molecule has 0 aliphatic heterocycles. The highest BCUT2D eigenvalue weighted by Gasteiger charge is 2.33. The van der Waals surface area contributed by atoms with Crippen molar-refractivity contribution in [3.63, 3.8) is 0 Å². The fraction of sp³-hybridized carbons (Fsp3) is 0.250. The molecule has 9 heteroatoms. The number of carbonyl (C=O) groups is 1. The minimum absolute atomic E-state index is 0.173. The van der Waals surface area contributed by atoms with Gasteiger partial charge in [0.25, 0.3) is 0 Å². The molecule has 2 aromatic rings. The van der Waals surface area contributed by atoms with Gasteiger partial charge in [-0.15, -0.1) is 12.6 Å². The Morgan fingerprint density at radius 3 is 2.66 bits per heavy atom. The normalized spacial score (nSPS) is 15.8. The average molecular weight is 418 g/mol. The number of hydrogen-bond acceptors (Lipinski definition) is 6. The van der Waals surface area contributed by atoms with E-state index in [4.69, 9.17) is 11.0 Å². The minimum atomic E-state index is -4.57. The summed E-state index contributed by atoms with van der Waals surface area (Å²) in [6.07, 6.45) is -2.18. The van der Waals surface area contributed by atoms with Crippen LogP contribution in [0.3, 0.4) is 0 Å². The van der Waals surface area contributed by atoms with Gasteiger partial charge in [-0.2, -0.15) is 18.4 Å². The molecule has 29 heavy (non-hydrogen) atoms. The number of nitriles is 1. The molecule has 150 valence electrons. The first-order valence-corrected chi connectivity index (χ1v) is 9.20. The van der Waals surface area contributed by atoms with E-state index in [0.29, 0.717) is 46.6 Å². The fourth-order valence-corrected chi connectivity index (χ4v) is 3.58. The van der Waals surface area contributed by atoms with Crippen LogP contribution in [-0.2, 0) is 11.0 Å². The zero-order valence-corrected chi connectivity index (χ0v) is 16.0. The van der Waals surface area contributed by atoms with E-state index in [1.54, 1.807) is 18.2 Å². The van der Waals surface area contributed by atoms with E-state index in [9.17, 15) is 18.0 Å². The Morgan fingerprint density at radius 1 is 1.24 bits per heavy atom. The molecule has 1 aliphatic rings. The van der Waals surface area contributed by atoms with Crippen LogP contribution in [0, 0.1) is 11.3 Å². The lowest BCUT2D eigenvalue weighted by Crippen LogP contribution is -2.26. The summed E-state index contributed by atoms with van der Waals surface area (Å²) in [6, 6.07) is 8.23. The van der Waals surface area contributed by atoms with E-state index in [2.05, 4.69) is 22.9 Å². The Morgan fingerprint density at radius 2 is 2.00 bits per heavy atom. The summed E-state index contributed by atoms with van der Waals surface area (Å²) in [7, 11) is 0. The predicted molar refractivity (Wildman–Crippen MR) is 104 cm³/mol. The highest BCUT2D eigenvalue weighted by Crippen LogP contribution is 2.35. The Kier molecular flexibility index (Phi) is 5.96. The number of alkyl halides is 3. The van der Waals surface area contributed by atoms with Crippen LogP contribution in [0.2, 0.25) is 0 Å². The minimum Gasteiger partial charge on any atom is -0.358 e. The van der Waals surface area contributed by atoms with Gasteiger partial charge in [0.15, 0.2) is 5.78 Å². The van der Waals surface area contributed by atoms with Crippen molar-refractivity contribution in [2.45, 2.75) is 36.4 Å². The molecule has 0 spiro atoms. The van der Waals surface area contributed by atoms with E-state index in [0.717, 1.165) is 12.3 Å². The molecule has 1 aromatic carbocycles. The number of nitrogens with two attached hydrogens (primary N) is 1. The summed E-state index contributed by atoms with van der Waals surface area (Å²) >= 11 is 4.37. The first-order chi connectivity index (χ1) is 13.7. The number of nitrogens with one attached hydrogen (secondary N) is 1. The standard InChI is InChI=1S/C20H17F3N4OS/c21-20(22,23)17-9-12(6-7-26-17)27-14-2-1-3-15(28)18(14)19(25)13-5-4-11(10-24)8-16(13)29/h4-9,19,29H,1-3,25H2,(H,26,27). The van der Waals surface area contributed by atoms with Crippen molar-refractivity contribution in [1.29, 1.82) is 5.26 Å². The first-order valence-electron chi connectivity index (χ1n) is 8.76. The third-order valence-corrected chi connectivity index (χ3v) is 4.99. The van der Waals surface area contributed by atoms with Crippen molar-refractivity contribution in [1.82, 2.24) is 4.98 Å². The summed E-state index contributed by atoms with van der Waals surface area (Å²) in [5.41, 5.74) is 7.25. The van der Waals surface area contributed by atoms with Gasteiger partial charge < -0.3 is 11.1 Å². The van der Waals surface area contributed by atoms with Crippen LogP contribution in [-0.4, -0.2) is 10.8 Å². The molecule has 1 aliphatic carbocycles. The van der Waals surface area contributed by atoms with Crippen molar-refractivity contribution in [2.24, 2.45) is 5.73 Å². The van der Waals surface area contributed by atoms with E-state index < -0.39 is 17.9 Å². The molecule has 1 aromatic heterocycles. The molecule has 1 heterocycles. The van der Waals surface area contributed by atoms with Gasteiger partial charge in [-0.3, -0.25) is 9.78 Å². The Labute approximate surface area is 170 Å². The highest BCUT2D eigenvalue weighted by molar-refractivity contribution is 7.80. The third-order valence-electron chi connectivity index (χ3n) is 4.61. The van der Waals surface area contributed by atoms with Crippen molar-refractivity contribution in [2.75, 3.05) is 5.32 Å². The SMILES string of the molecule is N#Cc1ccc(C(N)C2=C(Nc3ccnc(C(F)(F)F)c3)CCCC2=O)c(S)c1. The molecule has 0 saturated carbocycles. The van der Waals surface area contributed by atoms with Crippen molar-refractivity contribution >= 4 is 24.1 Å². The van der Waals surface area contributed by atoms with Crippen LogP contribution in [0.4, 0.5) is 18.9 Å². The second-order valence-electron chi connectivity index (χ2n) is 6.58. The molecular formula is C20H17F3N4OS. The second kappa shape index (κ2) is 8.27. The van der Waals surface area contributed by atoms with Crippen LogP contribution in [0.15, 0.2) is 52.7 Å². The molecule has 1 unspecified atom stereocenters. The molecule has 0 bridgehead atoms. The van der Waals surface area contributed by atoms with Crippen molar-refractivity contribution < 1.29 is 18.0 Å². The summed E-state index contributed by atoms with van der Waals surface area (Å²) in [4.78, 5) is 16.4. The molecule has 5 nitrogen and oxygen atoms in total. The van der Waals surface area contributed by atoms with Gasteiger partial charge in [0, 0.05) is 34.5 Å². The zero-order chi connectivity index (χ0) is 21.2. The van der Waals surface area contributed by atoms with Gasteiger partial charge in [0.05, 0.1) is 17.7 Å². The number of ketones is 1. The maximum atomic E-state index is 12.9. The molecule has 0 amide bonds. The maximum absolute atomic E-state index is 12.9. The number of aromatic nitrogens is 1. The number of rotatable bonds is 4. The fourth-order valence-electron chi connectivity index (χ4n) is 3.22. The van der Waals surface area contributed by atoms with Gasteiger partial charge in [-0.05, 0) is 42.7 Å². The van der Waals surface area contributed by atoms with Crippen LogP contribution < -0.4 is 11.1 Å². The molecule has 3 N–H and O–H groups in total. The molecular weight excluding hydrogens is 401 g/mol. The topological polar surface area (TPSA) is 91.8 Å². The van der Waals surface area contributed by atoms with Crippen LogP contribution in [0.25, 0.3) is 0 Å². The Bertz CT molecular complexity index is 1030. The van der Waals surface area contributed by atoms with Crippen LogP contribution in [0.1, 0.15) is 42.1 Å². The second-order valence-corrected chi connectivity index (χ2v) is 7.07. The lowest BCUT2D eigenvalue weighted by atomic mass is 9.86. The van der Waals surface area contributed by atoms with Gasteiger partial charge in [-0.25, -0.2) is 0 Å². The number of hydrogen-bond donors (Lipinski definition) is 3. The van der Waals surface area contributed by atoms with Gasteiger partial charge in [-0.1, -0.05) is 6.07 Å². The maximum Gasteiger partial charge on any atom is 0.433 e. The number of anilines is 1. The lowest BCUT2D eigenvalue weighted by molar-refractivity contribution is -0.141. The van der Waals surface area contributed by atoms with E-state index in [1.807, 2.05) is 6.07 Å². The summed E-state index contributed by atoms with van der Waals surface area (Å²) in [5, 5.41) is 11.9. The van der Waals surface area contributed by atoms with Crippen molar-refractivity contribution in [3.8, 4) is 6.07 Å². The number of halogens is 3. The van der Waals surface area contributed by atoms with Gasteiger partial charge >= 0.3 is 6.18 Å². The monoisotopic (exact) mass is 418 g/mol. The molecule has 3 rings (SSSR count). The number of Topliss-reactive ketones (excluding diaryl/α,β-unsaturated/α-hetero) is 1. The molecule has 1 atom stereocenters. The van der Waals surface area contributed by atoms with Crippen LogP contribution >= 0.6 is 12.6 Å². The Balaban J connectivity index is 2.00. The predicted octanol–water partition coefficient (Wildman–Crippen LogP) is 4.38. The number of benzene rings is 1. The molecule has 0 fully saturated rings. The highest BCUT2D eigenvalue weighted by atomic mass is 32.1. The number of nitrogens with zero attached hydrogens (tertiary/aromatic N) is 2. The average Bonchev–Trinajstić information content (AvgIpc) is 2.67.